The summed E-state index contributed by atoms with van der Waals surface area (Å²) in [7, 11) is 0. The Labute approximate surface area is 130 Å². The van der Waals surface area contributed by atoms with Gasteiger partial charge in [-0.25, -0.2) is 8.78 Å². The highest BCUT2D eigenvalue weighted by Crippen LogP contribution is 2.16. The molecule has 8 heteroatoms. The van der Waals surface area contributed by atoms with E-state index in [-0.39, 0.29) is 5.95 Å². The van der Waals surface area contributed by atoms with Crippen LogP contribution in [-0.4, -0.2) is 20.2 Å². The molecule has 0 aliphatic carbocycles. The molecule has 0 bridgehead atoms. The Morgan fingerprint density at radius 3 is 2.74 bits per heavy atom. The van der Waals surface area contributed by atoms with Crippen LogP contribution in [0.1, 0.15) is 5.69 Å². The van der Waals surface area contributed by atoms with Crippen molar-refractivity contribution in [3.8, 4) is 0 Å². The molecule has 0 aliphatic heterocycles. The summed E-state index contributed by atoms with van der Waals surface area (Å²) < 4.78 is 26.1. The predicted molar refractivity (Wildman–Crippen MR) is 81.0 cm³/mol. The van der Waals surface area contributed by atoms with Crippen LogP contribution in [-0.2, 0) is 6.54 Å². The highest BCUT2D eigenvalue weighted by molar-refractivity contribution is 5.54. The van der Waals surface area contributed by atoms with E-state index < -0.39 is 11.6 Å². The Bertz CT molecular complexity index is 797. The lowest BCUT2D eigenvalue weighted by Crippen LogP contribution is -2.06. The first kappa shape index (κ1) is 14.8. The second kappa shape index (κ2) is 6.73. The Morgan fingerprint density at radius 2 is 1.96 bits per heavy atom. The lowest BCUT2D eigenvalue weighted by molar-refractivity contribution is 0.509. The minimum Gasteiger partial charge on any atom is -0.363 e. The molecule has 0 aliphatic rings. The molecule has 3 rings (SSSR count). The second-order valence-corrected chi connectivity index (χ2v) is 4.59. The van der Waals surface area contributed by atoms with Crippen LogP contribution in [0, 0.1) is 11.6 Å². The first-order chi connectivity index (χ1) is 11.2. The van der Waals surface area contributed by atoms with E-state index in [1.165, 1.54) is 12.3 Å². The molecular weight excluding hydrogens is 302 g/mol. The third-order valence-corrected chi connectivity index (χ3v) is 2.91. The van der Waals surface area contributed by atoms with Crippen LogP contribution in [0.25, 0.3) is 0 Å². The molecule has 3 aromatic rings. The Hall–Kier alpha value is -3.16. The number of halogens is 2. The summed E-state index contributed by atoms with van der Waals surface area (Å²) in [5, 5.41) is 13.4. The van der Waals surface area contributed by atoms with Gasteiger partial charge in [-0.05, 0) is 24.3 Å². The van der Waals surface area contributed by atoms with Gasteiger partial charge in [0.25, 0.3) is 0 Å². The van der Waals surface area contributed by atoms with Crippen LogP contribution in [0.3, 0.4) is 0 Å². The molecular formula is C15H12F2N6. The Balaban J connectivity index is 1.68. The normalized spacial score (nSPS) is 10.3. The molecule has 2 heterocycles. The standard InChI is InChI=1S/C15H12F2N6/c16-12-5-4-10(7-13(12)17)21-15-22-14(9-20-23-15)19-8-11-3-1-2-6-18-11/h1-7,9H,8H2,(H2,19,21,22,23). The molecule has 1 aromatic carbocycles. The van der Waals surface area contributed by atoms with Crippen molar-refractivity contribution in [3.05, 3.63) is 66.1 Å². The highest BCUT2D eigenvalue weighted by atomic mass is 19.2. The van der Waals surface area contributed by atoms with Gasteiger partial charge in [0, 0.05) is 18.0 Å². The number of hydrogen-bond donors (Lipinski definition) is 2. The van der Waals surface area contributed by atoms with Crippen LogP contribution in [0.2, 0.25) is 0 Å². The van der Waals surface area contributed by atoms with Gasteiger partial charge in [0.2, 0.25) is 5.95 Å². The average Bonchev–Trinajstić information content (AvgIpc) is 2.58. The maximum absolute atomic E-state index is 13.2. The molecule has 0 amide bonds. The third kappa shape index (κ3) is 3.94. The zero-order chi connectivity index (χ0) is 16.1. The van der Waals surface area contributed by atoms with E-state index in [9.17, 15) is 8.78 Å². The second-order valence-electron chi connectivity index (χ2n) is 4.59. The van der Waals surface area contributed by atoms with Crippen molar-refractivity contribution in [1.29, 1.82) is 0 Å². The quantitative estimate of drug-likeness (QED) is 0.754. The fourth-order valence-corrected chi connectivity index (χ4v) is 1.83. The molecule has 23 heavy (non-hydrogen) atoms. The number of pyridine rings is 1. The summed E-state index contributed by atoms with van der Waals surface area (Å²) in [4.78, 5) is 8.38. The van der Waals surface area contributed by atoms with Crippen LogP contribution in [0.4, 0.5) is 26.2 Å². The topological polar surface area (TPSA) is 75.6 Å². The number of nitrogens with one attached hydrogen (secondary N) is 2. The number of hydrogen-bond acceptors (Lipinski definition) is 6. The zero-order valence-corrected chi connectivity index (χ0v) is 11.9. The van der Waals surface area contributed by atoms with Gasteiger partial charge in [-0.3, -0.25) is 4.98 Å². The monoisotopic (exact) mass is 314 g/mol. The first-order valence-electron chi connectivity index (χ1n) is 6.76. The molecule has 0 spiro atoms. The van der Waals surface area contributed by atoms with Gasteiger partial charge in [0.05, 0.1) is 18.4 Å². The molecule has 2 N–H and O–H groups in total. The predicted octanol–water partition coefficient (Wildman–Crippen LogP) is 2.90. The Kier molecular flexibility index (Phi) is 4.32. The zero-order valence-electron chi connectivity index (χ0n) is 11.9. The maximum atomic E-state index is 13.2. The van der Waals surface area contributed by atoms with Crippen molar-refractivity contribution in [1.82, 2.24) is 20.2 Å². The van der Waals surface area contributed by atoms with Crippen LogP contribution < -0.4 is 10.6 Å². The molecule has 0 unspecified atom stereocenters. The van der Waals surface area contributed by atoms with Gasteiger partial charge in [-0.2, -0.15) is 10.1 Å². The van der Waals surface area contributed by atoms with Gasteiger partial charge in [-0.1, -0.05) is 6.07 Å². The van der Waals surface area contributed by atoms with Gasteiger partial charge >= 0.3 is 0 Å². The smallest absolute Gasteiger partial charge is 0.249 e. The van der Waals surface area contributed by atoms with Gasteiger partial charge in [-0.15, -0.1) is 5.10 Å². The lowest BCUT2D eigenvalue weighted by Gasteiger charge is -2.07. The fraction of sp³-hybridized carbons (Fsp3) is 0.0667. The van der Waals surface area contributed by atoms with Gasteiger partial charge in [0.1, 0.15) is 0 Å². The molecule has 116 valence electrons. The van der Waals surface area contributed by atoms with E-state index in [0.717, 1.165) is 17.8 Å². The Morgan fingerprint density at radius 1 is 1.04 bits per heavy atom. The molecule has 0 saturated heterocycles. The van der Waals surface area contributed by atoms with E-state index in [2.05, 4.69) is 30.8 Å². The summed E-state index contributed by atoms with van der Waals surface area (Å²) in [6, 6.07) is 9.02. The summed E-state index contributed by atoms with van der Waals surface area (Å²) in [5.74, 6) is -1.22. The average molecular weight is 314 g/mol. The highest BCUT2D eigenvalue weighted by Gasteiger charge is 2.05. The minimum absolute atomic E-state index is 0.169. The van der Waals surface area contributed by atoms with E-state index in [1.54, 1.807) is 6.20 Å². The van der Waals surface area contributed by atoms with Crippen molar-refractivity contribution >= 4 is 17.5 Å². The summed E-state index contributed by atoms with van der Waals surface area (Å²) in [6.07, 6.45) is 3.16. The van der Waals surface area contributed by atoms with Gasteiger partial charge in [0.15, 0.2) is 17.5 Å². The van der Waals surface area contributed by atoms with E-state index in [1.807, 2.05) is 18.2 Å². The first-order valence-corrected chi connectivity index (χ1v) is 6.76. The van der Waals surface area contributed by atoms with Crippen LogP contribution in [0.5, 0.6) is 0 Å². The maximum Gasteiger partial charge on any atom is 0.249 e. The van der Waals surface area contributed by atoms with Crippen molar-refractivity contribution in [2.24, 2.45) is 0 Å². The van der Waals surface area contributed by atoms with Crippen molar-refractivity contribution < 1.29 is 8.78 Å². The van der Waals surface area contributed by atoms with Crippen molar-refractivity contribution in [2.45, 2.75) is 6.54 Å². The SMILES string of the molecule is Fc1ccc(Nc2nncc(NCc3ccccn3)n2)cc1F. The number of anilines is 3. The van der Waals surface area contributed by atoms with Crippen molar-refractivity contribution in [3.63, 3.8) is 0 Å². The van der Waals surface area contributed by atoms with E-state index in [0.29, 0.717) is 18.1 Å². The van der Waals surface area contributed by atoms with E-state index >= 15 is 0 Å². The number of benzene rings is 1. The van der Waals surface area contributed by atoms with Crippen LogP contribution >= 0.6 is 0 Å². The molecule has 0 atom stereocenters. The largest absolute Gasteiger partial charge is 0.363 e. The fourth-order valence-electron chi connectivity index (χ4n) is 1.83. The summed E-state index contributed by atoms with van der Waals surface area (Å²) in [5.41, 5.74) is 1.17. The summed E-state index contributed by atoms with van der Waals surface area (Å²) in [6.45, 7) is 0.476. The van der Waals surface area contributed by atoms with E-state index in [4.69, 9.17) is 0 Å². The molecule has 0 radical (unpaired) electrons. The number of rotatable bonds is 5. The summed E-state index contributed by atoms with van der Waals surface area (Å²) >= 11 is 0. The number of nitrogens with zero attached hydrogens (tertiary/aromatic N) is 4. The molecule has 0 fully saturated rings. The van der Waals surface area contributed by atoms with Crippen molar-refractivity contribution in [2.75, 3.05) is 10.6 Å². The third-order valence-electron chi connectivity index (χ3n) is 2.91. The lowest BCUT2D eigenvalue weighted by atomic mass is 10.3. The molecule has 6 nitrogen and oxygen atoms in total. The molecule has 2 aromatic heterocycles. The minimum atomic E-state index is -0.951. The van der Waals surface area contributed by atoms with Crippen LogP contribution in [0.15, 0.2) is 48.8 Å². The molecule has 0 saturated carbocycles. The number of aromatic nitrogens is 4. The van der Waals surface area contributed by atoms with Gasteiger partial charge < -0.3 is 10.6 Å².